The van der Waals surface area contributed by atoms with Gasteiger partial charge in [0.25, 0.3) is 0 Å². The minimum absolute atomic E-state index is 0.0807. The van der Waals surface area contributed by atoms with E-state index in [0.717, 1.165) is 70.8 Å². The second-order valence-electron chi connectivity index (χ2n) is 12.0. The van der Waals surface area contributed by atoms with Gasteiger partial charge in [-0.3, -0.25) is 10.2 Å². The van der Waals surface area contributed by atoms with E-state index < -0.39 is 10.0 Å². The molecule has 2 aliphatic carbocycles. The summed E-state index contributed by atoms with van der Waals surface area (Å²) in [4.78, 5) is 29.9. The Morgan fingerprint density at radius 1 is 0.865 bits per heavy atom. The van der Waals surface area contributed by atoms with Crippen LogP contribution < -0.4 is 5.32 Å². The van der Waals surface area contributed by atoms with Crippen molar-refractivity contribution < 1.29 is 27.5 Å². The maximum absolute atomic E-state index is 13.4. The second-order valence-corrected chi connectivity index (χ2v) is 13.9. The summed E-state index contributed by atoms with van der Waals surface area (Å²) in [6, 6.07) is -0.183. The van der Waals surface area contributed by atoms with E-state index in [4.69, 9.17) is 9.47 Å². The Bertz CT molecular complexity index is 957. The number of fused-ring (bicyclic) bond motifs is 2. The van der Waals surface area contributed by atoms with Gasteiger partial charge in [0, 0.05) is 19.1 Å². The van der Waals surface area contributed by atoms with E-state index in [9.17, 15) is 18.0 Å². The van der Waals surface area contributed by atoms with Gasteiger partial charge in [0.2, 0.25) is 10.0 Å². The molecule has 0 radical (unpaired) electrons. The molecule has 37 heavy (non-hydrogen) atoms. The van der Waals surface area contributed by atoms with Crippen LogP contribution in [-0.4, -0.2) is 98.1 Å². The minimum Gasteiger partial charge on any atom is -0.453 e. The summed E-state index contributed by atoms with van der Waals surface area (Å²) >= 11 is 0. The number of nitrogens with one attached hydrogen (secondary N) is 1. The number of piperazine rings is 1. The molecule has 5 rings (SSSR count). The molecule has 5 fully saturated rings. The van der Waals surface area contributed by atoms with Crippen LogP contribution in [0.5, 0.6) is 0 Å². The highest BCUT2D eigenvalue weighted by Gasteiger charge is 2.51. The van der Waals surface area contributed by atoms with Crippen molar-refractivity contribution in [1.29, 1.82) is 0 Å². The Morgan fingerprint density at radius 2 is 1.59 bits per heavy atom. The number of piperidine rings is 1. The van der Waals surface area contributed by atoms with E-state index >= 15 is 0 Å². The van der Waals surface area contributed by atoms with Gasteiger partial charge in [-0.15, -0.1) is 0 Å². The fourth-order valence-electron chi connectivity index (χ4n) is 8.10. The lowest BCUT2D eigenvalue weighted by Gasteiger charge is -2.54. The van der Waals surface area contributed by atoms with Gasteiger partial charge in [0.15, 0.2) is 6.23 Å². The summed E-state index contributed by atoms with van der Waals surface area (Å²) in [5.74, 6) is 1.39. The molecular formula is C26H44N4O6S. The molecule has 5 aliphatic rings. The number of ether oxygens (including phenoxy) is 2. The lowest BCUT2D eigenvalue weighted by Crippen LogP contribution is -2.67. The van der Waals surface area contributed by atoms with Crippen LogP contribution >= 0.6 is 0 Å². The predicted octanol–water partition coefficient (Wildman–Crippen LogP) is 2.98. The van der Waals surface area contributed by atoms with Crippen molar-refractivity contribution in [2.24, 2.45) is 17.8 Å². The Balaban J connectivity index is 1.30. The van der Waals surface area contributed by atoms with Crippen molar-refractivity contribution in [3.63, 3.8) is 0 Å². The Labute approximate surface area is 221 Å². The van der Waals surface area contributed by atoms with Crippen LogP contribution in [0.3, 0.4) is 0 Å². The summed E-state index contributed by atoms with van der Waals surface area (Å²) in [6.45, 7) is 3.91. The second kappa shape index (κ2) is 10.9. The molecule has 0 bridgehead atoms. The summed E-state index contributed by atoms with van der Waals surface area (Å²) in [6.07, 6.45) is 10.1. The summed E-state index contributed by atoms with van der Waals surface area (Å²) in [5.41, 5.74) is 0. The molecule has 3 heterocycles. The van der Waals surface area contributed by atoms with Gasteiger partial charge in [0.05, 0.1) is 31.5 Å². The normalized spacial score (nSPS) is 39.0. The van der Waals surface area contributed by atoms with Crippen molar-refractivity contribution in [3.05, 3.63) is 0 Å². The lowest BCUT2D eigenvalue weighted by atomic mass is 9.66. The molecule has 8 atom stereocenters. The number of sulfonamides is 1. The van der Waals surface area contributed by atoms with E-state index in [2.05, 4.69) is 5.32 Å². The van der Waals surface area contributed by atoms with E-state index in [1.807, 2.05) is 16.7 Å². The van der Waals surface area contributed by atoms with Crippen molar-refractivity contribution in [3.8, 4) is 0 Å². The number of methoxy groups -OCH3 is 1. The number of hydrogen-bond acceptors (Lipinski definition) is 7. The first-order valence-corrected chi connectivity index (χ1v) is 16.1. The zero-order valence-electron chi connectivity index (χ0n) is 22.5. The Morgan fingerprint density at radius 3 is 2.27 bits per heavy atom. The lowest BCUT2D eigenvalue weighted by molar-refractivity contribution is -0.0546. The van der Waals surface area contributed by atoms with Crippen molar-refractivity contribution in [1.82, 2.24) is 19.4 Å². The monoisotopic (exact) mass is 540 g/mol. The molecule has 3 aliphatic heterocycles. The first-order valence-electron chi connectivity index (χ1n) is 14.2. The Kier molecular flexibility index (Phi) is 7.94. The molecule has 210 valence electrons. The minimum atomic E-state index is -3.16. The highest BCUT2D eigenvalue weighted by molar-refractivity contribution is 7.88. The molecule has 2 amide bonds. The summed E-state index contributed by atoms with van der Waals surface area (Å²) in [7, 11) is -1.74. The summed E-state index contributed by atoms with van der Waals surface area (Å²) < 4.78 is 37.3. The largest absolute Gasteiger partial charge is 0.453 e. The highest BCUT2D eigenvalue weighted by atomic mass is 32.2. The molecule has 10 nitrogen and oxygen atoms in total. The van der Waals surface area contributed by atoms with Gasteiger partial charge in [-0.1, -0.05) is 0 Å². The van der Waals surface area contributed by atoms with E-state index in [-0.39, 0.29) is 42.6 Å². The van der Waals surface area contributed by atoms with Crippen LogP contribution in [0.4, 0.5) is 9.59 Å². The smallest absolute Gasteiger partial charge is 0.411 e. The average molecular weight is 541 g/mol. The number of nitrogens with zero attached hydrogens (tertiary/aromatic N) is 3. The van der Waals surface area contributed by atoms with Gasteiger partial charge in [-0.05, 0) is 95.4 Å². The molecule has 11 heteroatoms. The first kappa shape index (κ1) is 27.0. The number of carbonyl (C=O) groups is 2. The van der Waals surface area contributed by atoms with Crippen LogP contribution in [0.15, 0.2) is 0 Å². The van der Waals surface area contributed by atoms with Crippen molar-refractivity contribution >= 4 is 22.2 Å². The van der Waals surface area contributed by atoms with E-state index in [0.29, 0.717) is 30.8 Å². The maximum atomic E-state index is 13.4. The SMILES string of the molecule is COC(=O)N1C2CCC(C3CCC4C(CCN4S(C)(=O)=O)C3)CC2N(C(=O)OC2CCCCN2)C[C@@H]1C. The molecule has 0 spiro atoms. The third kappa shape index (κ3) is 5.45. The van der Waals surface area contributed by atoms with Crippen LogP contribution in [0, 0.1) is 17.8 Å². The maximum Gasteiger partial charge on any atom is 0.411 e. The molecular weight excluding hydrogens is 496 g/mol. The fourth-order valence-corrected chi connectivity index (χ4v) is 9.30. The number of carbonyl (C=O) groups excluding carboxylic acids is 2. The summed E-state index contributed by atoms with van der Waals surface area (Å²) in [5, 5.41) is 3.30. The molecule has 0 aromatic rings. The third-order valence-corrected chi connectivity index (χ3v) is 11.1. The zero-order chi connectivity index (χ0) is 26.3. The molecule has 0 aromatic carbocycles. The standard InChI is InChI=1S/C26H44N4O6S/c1-17-16-28(25(31)36-24-6-4-5-12-27-24)23-15-19(8-10-22(23)30(17)26(32)35-2)18-7-9-21-20(14-18)11-13-29(21)37(3,33)34/h17-24,27H,4-16H2,1-3H3/t17-,18?,19?,20?,21?,22?,23?,24?/m0/s1. The molecule has 0 aromatic heterocycles. The van der Waals surface area contributed by atoms with Gasteiger partial charge in [-0.25, -0.2) is 18.0 Å². The van der Waals surface area contributed by atoms with Crippen molar-refractivity contribution in [2.45, 2.75) is 102 Å². The molecule has 7 unspecified atom stereocenters. The van der Waals surface area contributed by atoms with Gasteiger partial charge in [0.1, 0.15) is 0 Å². The quantitative estimate of drug-likeness (QED) is 0.586. The molecule has 1 N–H and O–H groups in total. The van der Waals surface area contributed by atoms with Crippen molar-refractivity contribution in [2.75, 3.05) is 33.0 Å². The Hall–Kier alpha value is -1.59. The zero-order valence-corrected chi connectivity index (χ0v) is 23.3. The van der Waals surface area contributed by atoms with E-state index in [1.54, 1.807) is 4.31 Å². The molecule has 2 saturated carbocycles. The topological polar surface area (TPSA) is 108 Å². The predicted molar refractivity (Wildman–Crippen MR) is 138 cm³/mol. The number of hydrogen-bond donors (Lipinski definition) is 1. The van der Waals surface area contributed by atoms with Crippen LogP contribution in [0.2, 0.25) is 0 Å². The average Bonchev–Trinajstić information content (AvgIpc) is 3.32. The van der Waals surface area contributed by atoms with Gasteiger partial charge in [-0.2, -0.15) is 4.31 Å². The van der Waals surface area contributed by atoms with Crippen LogP contribution in [0.1, 0.15) is 71.1 Å². The third-order valence-electron chi connectivity index (χ3n) is 9.81. The van der Waals surface area contributed by atoms with Gasteiger partial charge < -0.3 is 14.4 Å². The van der Waals surface area contributed by atoms with Crippen LogP contribution in [-0.2, 0) is 19.5 Å². The number of rotatable bonds is 3. The molecule has 3 saturated heterocycles. The highest BCUT2D eigenvalue weighted by Crippen LogP contribution is 2.47. The number of amides is 2. The van der Waals surface area contributed by atoms with E-state index in [1.165, 1.54) is 13.4 Å². The first-order chi connectivity index (χ1) is 17.7. The van der Waals surface area contributed by atoms with Crippen LogP contribution in [0.25, 0.3) is 0 Å². The fraction of sp³-hybridized carbons (Fsp3) is 0.923. The van der Waals surface area contributed by atoms with Gasteiger partial charge >= 0.3 is 12.2 Å².